The molecule has 72 valence electrons. The molecule has 1 saturated heterocycles. The van der Waals surface area contributed by atoms with Crippen LogP contribution in [0.3, 0.4) is 0 Å². The zero-order chi connectivity index (χ0) is 9.19. The fraction of sp³-hybridized carbons (Fsp3) is 1.00. The predicted octanol–water partition coefficient (Wildman–Crippen LogP) is 0.767. The normalized spacial score (nSPS) is 25.1. The van der Waals surface area contributed by atoms with E-state index in [0.29, 0.717) is 5.75 Å². The van der Waals surface area contributed by atoms with Crippen LogP contribution in [0.5, 0.6) is 0 Å². The molecule has 1 aliphatic heterocycles. The van der Waals surface area contributed by atoms with Gasteiger partial charge in [-0.15, -0.1) is 0 Å². The molecule has 1 atom stereocenters. The Morgan fingerprint density at radius 1 is 1.50 bits per heavy atom. The maximum Gasteiger partial charge on any atom is 0.166 e. The van der Waals surface area contributed by atoms with Gasteiger partial charge in [0.25, 0.3) is 0 Å². The molecule has 1 heterocycles. The summed E-state index contributed by atoms with van der Waals surface area (Å²) in [5.41, 5.74) is 0. The minimum atomic E-state index is -2.87. The topological polar surface area (TPSA) is 46.2 Å². The second-order valence-corrected chi connectivity index (χ2v) is 6.04. The zero-order valence-corrected chi connectivity index (χ0v) is 8.52. The molecule has 0 aromatic carbocycles. The van der Waals surface area contributed by atoms with Crippen LogP contribution in [0, 0.1) is 5.92 Å². The molecular weight excluding hydrogens is 174 g/mol. The minimum Gasteiger partial charge on any atom is -0.301 e. The molecule has 0 aromatic heterocycles. The third-order valence-electron chi connectivity index (χ3n) is 2.01. The quantitative estimate of drug-likeness (QED) is 0.716. The Kier molecular flexibility index (Phi) is 3.12. The maximum absolute atomic E-state index is 11.6. The molecule has 0 spiro atoms. The van der Waals surface area contributed by atoms with Crippen LogP contribution in [0.15, 0.2) is 0 Å². The Balaban J connectivity index is 2.58. The molecule has 12 heavy (non-hydrogen) atoms. The summed E-state index contributed by atoms with van der Waals surface area (Å²) < 4.78 is 23.2. The first-order valence-electron chi connectivity index (χ1n) is 4.47. The largest absolute Gasteiger partial charge is 0.301 e. The van der Waals surface area contributed by atoms with Gasteiger partial charge in [-0.1, -0.05) is 13.8 Å². The van der Waals surface area contributed by atoms with Gasteiger partial charge in [0.15, 0.2) is 9.84 Å². The number of rotatable bonds is 3. The fourth-order valence-electron chi connectivity index (χ4n) is 1.54. The van der Waals surface area contributed by atoms with E-state index in [1.54, 1.807) is 0 Å². The second-order valence-electron chi connectivity index (χ2n) is 3.81. The molecule has 4 heteroatoms. The summed E-state index contributed by atoms with van der Waals surface area (Å²) in [6, 6.07) is 0. The van der Waals surface area contributed by atoms with Crippen molar-refractivity contribution in [2.45, 2.75) is 32.1 Å². The highest BCUT2D eigenvalue weighted by atomic mass is 32.2. The summed E-state index contributed by atoms with van der Waals surface area (Å²) in [6.07, 6.45) is 1.77. The summed E-state index contributed by atoms with van der Waals surface area (Å²) in [4.78, 5) is 0. The maximum atomic E-state index is 11.6. The molecule has 0 aliphatic carbocycles. The molecule has 0 aromatic rings. The van der Waals surface area contributed by atoms with Crippen LogP contribution in [0.25, 0.3) is 0 Å². The first-order valence-corrected chi connectivity index (χ1v) is 6.19. The van der Waals surface area contributed by atoms with Gasteiger partial charge in [0.2, 0.25) is 0 Å². The van der Waals surface area contributed by atoms with Crippen molar-refractivity contribution in [3.05, 3.63) is 0 Å². The first kappa shape index (κ1) is 9.99. The fourth-order valence-corrected chi connectivity index (χ4v) is 3.60. The third kappa shape index (κ3) is 2.45. The SMILES string of the molecule is CC(C)CS(=O)(=O)C1CCCN1. The van der Waals surface area contributed by atoms with Crippen LogP contribution in [-0.4, -0.2) is 26.1 Å². The standard InChI is InChI=1S/C8H17NO2S/c1-7(2)6-12(10,11)8-4-3-5-9-8/h7-9H,3-6H2,1-2H3. The molecule has 1 N–H and O–H groups in total. The summed E-state index contributed by atoms with van der Waals surface area (Å²) in [5.74, 6) is 0.544. The van der Waals surface area contributed by atoms with Crippen LogP contribution >= 0.6 is 0 Å². The Hall–Kier alpha value is -0.0900. The Bertz CT molecular complexity index is 227. The Morgan fingerprint density at radius 2 is 2.17 bits per heavy atom. The van der Waals surface area contributed by atoms with Gasteiger partial charge >= 0.3 is 0 Å². The Morgan fingerprint density at radius 3 is 2.58 bits per heavy atom. The van der Waals surface area contributed by atoms with Crippen molar-refractivity contribution >= 4 is 9.84 Å². The van der Waals surface area contributed by atoms with Gasteiger partial charge in [-0.3, -0.25) is 0 Å². The van der Waals surface area contributed by atoms with Crippen LogP contribution in [0.1, 0.15) is 26.7 Å². The lowest BCUT2D eigenvalue weighted by Crippen LogP contribution is -2.33. The van der Waals surface area contributed by atoms with Gasteiger partial charge < -0.3 is 5.32 Å². The highest BCUT2D eigenvalue weighted by Gasteiger charge is 2.28. The van der Waals surface area contributed by atoms with Crippen LogP contribution in [0.4, 0.5) is 0 Å². The van der Waals surface area contributed by atoms with E-state index in [-0.39, 0.29) is 11.3 Å². The Labute approximate surface area is 74.5 Å². The number of hydrogen-bond donors (Lipinski definition) is 1. The van der Waals surface area contributed by atoms with E-state index >= 15 is 0 Å². The number of nitrogens with one attached hydrogen (secondary N) is 1. The lowest BCUT2D eigenvalue weighted by Gasteiger charge is -2.13. The van der Waals surface area contributed by atoms with Crippen LogP contribution < -0.4 is 5.32 Å². The van der Waals surface area contributed by atoms with E-state index in [1.807, 2.05) is 13.8 Å². The number of hydrogen-bond acceptors (Lipinski definition) is 3. The van der Waals surface area contributed by atoms with Gasteiger partial charge in [0.1, 0.15) is 5.37 Å². The van der Waals surface area contributed by atoms with Gasteiger partial charge in [-0.25, -0.2) is 8.42 Å². The van der Waals surface area contributed by atoms with Gasteiger partial charge in [-0.2, -0.15) is 0 Å². The molecule has 1 unspecified atom stereocenters. The van der Waals surface area contributed by atoms with Crippen LogP contribution in [0.2, 0.25) is 0 Å². The van der Waals surface area contributed by atoms with E-state index in [1.165, 1.54) is 0 Å². The van der Waals surface area contributed by atoms with E-state index in [0.717, 1.165) is 19.4 Å². The van der Waals surface area contributed by atoms with Crippen molar-refractivity contribution in [2.24, 2.45) is 5.92 Å². The van der Waals surface area contributed by atoms with Crippen molar-refractivity contribution in [1.29, 1.82) is 0 Å². The van der Waals surface area contributed by atoms with E-state index in [9.17, 15) is 8.42 Å². The highest BCUT2D eigenvalue weighted by Crippen LogP contribution is 2.14. The average molecular weight is 191 g/mol. The number of sulfone groups is 1. The van der Waals surface area contributed by atoms with Crippen molar-refractivity contribution in [3.8, 4) is 0 Å². The molecule has 1 fully saturated rings. The molecule has 0 amide bonds. The van der Waals surface area contributed by atoms with Crippen molar-refractivity contribution in [2.75, 3.05) is 12.3 Å². The smallest absolute Gasteiger partial charge is 0.166 e. The lowest BCUT2D eigenvalue weighted by atomic mass is 10.3. The third-order valence-corrected chi connectivity index (χ3v) is 4.41. The van der Waals surface area contributed by atoms with Crippen LogP contribution in [-0.2, 0) is 9.84 Å². The van der Waals surface area contributed by atoms with E-state index in [2.05, 4.69) is 5.32 Å². The van der Waals surface area contributed by atoms with E-state index < -0.39 is 9.84 Å². The summed E-state index contributed by atoms with van der Waals surface area (Å²) >= 11 is 0. The molecule has 1 rings (SSSR count). The molecule has 0 bridgehead atoms. The van der Waals surface area contributed by atoms with Gasteiger partial charge in [0.05, 0.1) is 5.75 Å². The second kappa shape index (κ2) is 3.75. The zero-order valence-electron chi connectivity index (χ0n) is 7.71. The lowest BCUT2D eigenvalue weighted by molar-refractivity contribution is 0.559. The molecule has 0 radical (unpaired) electrons. The summed E-state index contributed by atoms with van der Waals surface area (Å²) in [6.45, 7) is 4.72. The average Bonchev–Trinajstić information content (AvgIpc) is 2.32. The minimum absolute atomic E-state index is 0.234. The molecular formula is C8H17NO2S. The summed E-state index contributed by atoms with van der Waals surface area (Å²) in [5, 5.41) is 2.75. The highest BCUT2D eigenvalue weighted by molar-refractivity contribution is 7.92. The van der Waals surface area contributed by atoms with Crippen molar-refractivity contribution < 1.29 is 8.42 Å². The van der Waals surface area contributed by atoms with Crippen molar-refractivity contribution in [1.82, 2.24) is 5.32 Å². The van der Waals surface area contributed by atoms with E-state index in [4.69, 9.17) is 0 Å². The van der Waals surface area contributed by atoms with Gasteiger partial charge in [0, 0.05) is 0 Å². The monoisotopic (exact) mass is 191 g/mol. The predicted molar refractivity (Wildman–Crippen MR) is 49.6 cm³/mol. The van der Waals surface area contributed by atoms with Gasteiger partial charge in [-0.05, 0) is 25.3 Å². The summed E-state index contributed by atoms with van der Waals surface area (Å²) in [7, 11) is -2.87. The van der Waals surface area contributed by atoms with Crippen molar-refractivity contribution in [3.63, 3.8) is 0 Å². The molecule has 3 nitrogen and oxygen atoms in total. The molecule has 1 aliphatic rings. The molecule has 0 saturated carbocycles. The first-order chi connectivity index (χ1) is 5.52.